The summed E-state index contributed by atoms with van der Waals surface area (Å²) in [5.41, 5.74) is 1.13. The Balaban J connectivity index is 2.26. The van der Waals surface area contributed by atoms with Crippen LogP contribution in [0, 0.1) is 0 Å². The molecule has 0 aliphatic rings. The summed E-state index contributed by atoms with van der Waals surface area (Å²) < 4.78 is 11.2. The zero-order valence-corrected chi connectivity index (χ0v) is 14.7. The first-order valence-electron chi connectivity index (χ1n) is 8.54. The number of benzene rings is 1. The van der Waals surface area contributed by atoms with Gasteiger partial charge in [-0.05, 0) is 25.8 Å². The molecule has 2 N–H and O–H groups in total. The van der Waals surface area contributed by atoms with Gasteiger partial charge >= 0.3 is 0 Å². The van der Waals surface area contributed by atoms with Gasteiger partial charge in [0.05, 0.1) is 6.61 Å². The molecule has 0 saturated carbocycles. The number of aliphatic imine (C=N–C) groups is 1. The normalized spacial score (nSPS) is 11.3. The van der Waals surface area contributed by atoms with Gasteiger partial charge in [-0.3, -0.25) is 4.99 Å². The van der Waals surface area contributed by atoms with Crippen molar-refractivity contribution in [2.75, 3.05) is 33.4 Å². The molecule has 0 radical (unpaired) electrons. The standard InChI is InChI=1S/C18H31N3O2/c1-4-6-13-22-14-9-12-20-18(19-3)21-15-16-10-7-8-11-17(16)23-5-2/h7-8,10-11H,4-6,9,12-15H2,1-3H3,(H2,19,20,21). The van der Waals surface area contributed by atoms with Crippen LogP contribution < -0.4 is 15.4 Å². The minimum atomic E-state index is 0.669. The van der Waals surface area contributed by atoms with E-state index in [0.717, 1.165) is 49.9 Å². The summed E-state index contributed by atoms with van der Waals surface area (Å²) in [6.45, 7) is 8.01. The monoisotopic (exact) mass is 321 g/mol. The van der Waals surface area contributed by atoms with Crippen LogP contribution in [0.1, 0.15) is 38.7 Å². The molecule has 130 valence electrons. The molecular formula is C18H31N3O2. The van der Waals surface area contributed by atoms with Crippen molar-refractivity contribution in [3.8, 4) is 5.75 Å². The van der Waals surface area contributed by atoms with Gasteiger partial charge in [0, 0.05) is 38.9 Å². The number of nitrogens with one attached hydrogen (secondary N) is 2. The van der Waals surface area contributed by atoms with Gasteiger partial charge in [0.25, 0.3) is 0 Å². The number of hydrogen-bond acceptors (Lipinski definition) is 3. The van der Waals surface area contributed by atoms with E-state index in [-0.39, 0.29) is 0 Å². The summed E-state index contributed by atoms with van der Waals surface area (Å²) >= 11 is 0. The van der Waals surface area contributed by atoms with Gasteiger partial charge in [-0.25, -0.2) is 0 Å². The van der Waals surface area contributed by atoms with Crippen LogP contribution in [0.4, 0.5) is 0 Å². The topological polar surface area (TPSA) is 54.9 Å². The Bertz CT molecular complexity index is 450. The second-order valence-electron chi connectivity index (χ2n) is 5.21. The molecule has 0 fully saturated rings. The molecule has 0 spiro atoms. The van der Waals surface area contributed by atoms with E-state index < -0.39 is 0 Å². The predicted molar refractivity (Wildman–Crippen MR) is 96.2 cm³/mol. The Morgan fingerprint density at radius 1 is 1.09 bits per heavy atom. The maximum Gasteiger partial charge on any atom is 0.191 e. The lowest BCUT2D eigenvalue weighted by Gasteiger charge is -2.14. The third-order valence-corrected chi connectivity index (χ3v) is 3.34. The first kappa shape index (κ1) is 19.3. The fraction of sp³-hybridized carbons (Fsp3) is 0.611. The molecule has 5 heteroatoms. The number of unbranched alkanes of at least 4 members (excludes halogenated alkanes) is 1. The first-order valence-corrected chi connectivity index (χ1v) is 8.54. The van der Waals surface area contributed by atoms with Crippen molar-refractivity contribution in [2.24, 2.45) is 4.99 Å². The average molecular weight is 321 g/mol. The van der Waals surface area contributed by atoms with Crippen molar-refractivity contribution in [1.82, 2.24) is 10.6 Å². The Morgan fingerprint density at radius 3 is 2.61 bits per heavy atom. The first-order chi connectivity index (χ1) is 11.3. The van der Waals surface area contributed by atoms with Gasteiger partial charge in [-0.15, -0.1) is 0 Å². The van der Waals surface area contributed by atoms with Crippen LogP contribution in [0.25, 0.3) is 0 Å². The fourth-order valence-corrected chi connectivity index (χ4v) is 2.08. The molecule has 0 heterocycles. The number of nitrogens with zero attached hydrogens (tertiary/aromatic N) is 1. The van der Waals surface area contributed by atoms with E-state index in [9.17, 15) is 0 Å². The smallest absolute Gasteiger partial charge is 0.191 e. The van der Waals surface area contributed by atoms with E-state index in [4.69, 9.17) is 9.47 Å². The summed E-state index contributed by atoms with van der Waals surface area (Å²) in [5, 5.41) is 6.61. The highest BCUT2D eigenvalue weighted by atomic mass is 16.5. The SMILES string of the molecule is CCCCOCCCNC(=NC)NCc1ccccc1OCC. The van der Waals surface area contributed by atoms with Crippen molar-refractivity contribution in [3.05, 3.63) is 29.8 Å². The Kier molecular flexibility index (Phi) is 10.7. The highest BCUT2D eigenvalue weighted by Crippen LogP contribution is 2.17. The third-order valence-electron chi connectivity index (χ3n) is 3.34. The molecule has 23 heavy (non-hydrogen) atoms. The molecule has 0 bridgehead atoms. The van der Waals surface area contributed by atoms with Crippen LogP contribution in [0.2, 0.25) is 0 Å². The van der Waals surface area contributed by atoms with Gasteiger partial charge in [0.1, 0.15) is 5.75 Å². The summed E-state index contributed by atoms with van der Waals surface area (Å²) in [6.07, 6.45) is 3.29. The largest absolute Gasteiger partial charge is 0.494 e. The maximum atomic E-state index is 5.63. The molecule has 0 aromatic heterocycles. The van der Waals surface area contributed by atoms with Gasteiger partial charge in [0.2, 0.25) is 0 Å². The molecule has 0 aliphatic heterocycles. The number of hydrogen-bond donors (Lipinski definition) is 2. The van der Waals surface area contributed by atoms with Gasteiger partial charge in [0.15, 0.2) is 5.96 Å². The lowest BCUT2D eigenvalue weighted by Crippen LogP contribution is -2.37. The Labute approximate surface area is 140 Å². The van der Waals surface area contributed by atoms with Crippen LogP contribution in [-0.2, 0) is 11.3 Å². The highest BCUT2D eigenvalue weighted by Gasteiger charge is 2.03. The number of guanidine groups is 1. The minimum Gasteiger partial charge on any atom is -0.494 e. The molecule has 0 aliphatic carbocycles. The molecule has 0 unspecified atom stereocenters. The van der Waals surface area contributed by atoms with E-state index in [1.54, 1.807) is 7.05 Å². The van der Waals surface area contributed by atoms with Crippen LogP contribution in [0.15, 0.2) is 29.3 Å². The maximum absolute atomic E-state index is 5.63. The van der Waals surface area contributed by atoms with E-state index in [1.807, 2.05) is 25.1 Å². The summed E-state index contributed by atoms with van der Waals surface area (Å²) in [4.78, 5) is 4.24. The lowest BCUT2D eigenvalue weighted by molar-refractivity contribution is 0.129. The zero-order valence-electron chi connectivity index (χ0n) is 14.7. The molecule has 1 aromatic carbocycles. The van der Waals surface area contributed by atoms with Gasteiger partial charge in [-0.1, -0.05) is 31.5 Å². The molecule has 1 aromatic rings. The van der Waals surface area contributed by atoms with Crippen molar-refractivity contribution >= 4 is 5.96 Å². The van der Waals surface area contributed by atoms with Crippen molar-refractivity contribution < 1.29 is 9.47 Å². The summed E-state index contributed by atoms with van der Waals surface area (Å²) in [6, 6.07) is 8.06. The number of rotatable bonds is 11. The van der Waals surface area contributed by atoms with Crippen LogP contribution in [0.3, 0.4) is 0 Å². The molecule has 5 nitrogen and oxygen atoms in total. The highest BCUT2D eigenvalue weighted by molar-refractivity contribution is 5.79. The quantitative estimate of drug-likeness (QED) is 0.374. The summed E-state index contributed by atoms with van der Waals surface area (Å²) in [5.74, 6) is 1.71. The Hall–Kier alpha value is -1.75. The second-order valence-corrected chi connectivity index (χ2v) is 5.21. The Morgan fingerprint density at radius 2 is 1.87 bits per heavy atom. The molecule has 0 amide bonds. The van der Waals surface area contributed by atoms with E-state index in [0.29, 0.717) is 13.2 Å². The van der Waals surface area contributed by atoms with E-state index in [1.165, 1.54) is 6.42 Å². The van der Waals surface area contributed by atoms with Gasteiger partial charge in [-0.2, -0.15) is 0 Å². The number of ether oxygens (including phenoxy) is 2. The number of para-hydroxylation sites is 1. The zero-order chi connectivity index (χ0) is 16.8. The lowest BCUT2D eigenvalue weighted by atomic mass is 10.2. The van der Waals surface area contributed by atoms with Crippen LogP contribution in [-0.4, -0.2) is 39.4 Å². The predicted octanol–water partition coefficient (Wildman–Crippen LogP) is 2.96. The fourth-order valence-electron chi connectivity index (χ4n) is 2.08. The van der Waals surface area contributed by atoms with E-state index in [2.05, 4.69) is 28.6 Å². The molecular weight excluding hydrogens is 290 g/mol. The molecule has 0 saturated heterocycles. The molecule has 0 atom stereocenters. The van der Waals surface area contributed by atoms with Crippen molar-refractivity contribution in [1.29, 1.82) is 0 Å². The van der Waals surface area contributed by atoms with Gasteiger partial charge < -0.3 is 20.1 Å². The average Bonchev–Trinajstić information content (AvgIpc) is 2.58. The van der Waals surface area contributed by atoms with Crippen LogP contribution >= 0.6 is 0 Å². The third kappa shape index (κ3) is 8.45. The van der Waals surface area contributed by atoms with E-state index >= 15 is 0 Å². The second kappa shape index (κ2) is 12.8. The molecule has 1 rings (SSSR count). The summed E-state index contributed by atoms with van der Waals surface area (Å²) in [7, 11) is 1.78. The van der Waals surface area contributed by atoms with Crippen molar-refractivity contribution in [3.63, 3.8) is 0 Å². The van der Waals surface area contributed by atoms with Crippen molar-refractivity contribution in [2.45, 2.75) is 39.7 Å². The minimum absolute atomic E-state index is 0.669. The van der Waals surface area contributed by atoms with Crippen LogP contribution in [0.5, 0.6) is 5.75 Å².